The molecule has 1 saturated carbocycles. The Morgan fingerprint density at radius 1 is 1.40 bits per heavy atom. The monoisotopic (exact) mass is 279 g/mol. The Bertz CT molecular complexity index is 453. The average Bonchev–Trinajstić information content (AvgIpc) is 2.52. The van der Waals surface area contributed by atoms with Crippen molar-refractivity contribution in [3.63, 3.8) is 0 Å². The molecule has 1 heterocycles. The Balaban J connectivity index is 1.94. The van der Waals surface area contributed by atoms with Gasteiger partial charge in [0.1, 0.15) is 0 Å². The number of hydrogen-bond donors (Lipinski definition) is 1. The minimum absolute atomic E-state index is 0.0176. The summed E-state index contributed by atoms with van der Waals surface area (Å²) in [5, 5.41) is 0. The van der Waals surface area contributed by atoms with Crippen molar-refractivity contribution in [1.82, 2.24) is 9.97 Å². The van der Waals surface area contributed by atoms with Crippen LogP contribution in [0.4, 0.5) is 0 Å². The largest absolute Gasteiger partial charge is 0.477 e. The molecule has 2 unspecified atom stereocenters. The van der Waals surface area contributed by atoms with Gasteiger partial charge in [0, 0.05) is 12.3 Å². The molecule has 0 amide bonds. The average molecular weight is 279 g/mol. The number of esters is 1. The maximum absolute atomic E-state index is 11.4. The van der Waals surface area contributed by atoms with Crippen molar-refractivity contribution < 1.29 is 14.3 Å². The van der Waals surface area contributed by atoms with E-state index in [2.05, 4.69) is 14.7 Å². The zero-order valence-electron chi connectivity index (χ0n) is 11.7. The molecule has 0 saturated heterocycles. The van der Waals surface area contributed by atoms with Crippen molar-refractivity contribution in [2.24, 2.45) is 17.6 Å². The highest BCUT2D eigenvalue weighted by Crippen LogP contribution is 2.29. The third kappa shape index (κ3) is 3.66. The topological polar surface area (TPSA) is 87.3 Å². The highest BCUT2D eigenvalue weighted by Gasteiger charge is 2.24. The third-order valence-corrected chi connectivity index (χ3v) is 3.81. The number of rotatable bonds is 5. The van der Waals surface area contributed by atoms with Gasteiger partial charge in [-0.3, -0.25) is 0 Å². The maximum Gasteiger partial charge on any atom is 0.376 e. The first-order chi connectivity index (χ1) is 9.74. The molecule has 2 rings (SSSR count). The van der Waals surface area contributed by atoms with Crippen LogP contribution in [0.2, 0.25) is 0 Å². The van der Waals surface area contributed by atoms with Gasteiger partial charge in [-0.05, 0) is 31.2 Å². The van der Waals surface area contributed by atoms with E-state index in [1.54, 1.807) is 6.07 Å². The highest BCUT2D eigenvalue weighted by molar-refractivity contribution is 5.84. The summed E-state index contributed by atoms with van der Waals surface area (Å²) < 4.78 is 10.3. The van der Waals surface area contributed by atoms with Crippen molar-refractivity contribution >= 4 is 5.97 Å². The number of aromatic nitrogens is 2. The molecule has 6 nitrogen and oxygen atoms in total. The van der Waals surface area contributed by atoms with E-state index in [9.17, 15) is 4.79 Å². The van der Waals surface area contributed by atoms with Crippen LogP contribution in [-0.4, -0.2) is 36.2 Å². The molecule has 1 aromatic heterocycles. The van der Waals surface area contributed by atoms with Gasteiger partial charge in [0.05, 0.1) is 13.7 Å². The third-order valence-electron chi connectivity index (χ3n) is 3.81. The summed E-state index contributed by atoms with van der Waals surface area (Å²) in [6, 6.07) is 1.65. The second-order valence-electron chi connectivity index (χ2n) is 5.06. The lowest BCUT2D eigenvalue weighted by Crippen LogP contribution is -2.30. The predicted octanol–water partition coefficient (Wildman–Crippen LogP) is 1.41. The van der Waals surface area contributed by atoms with Gasteiger partial charge in [-0.2, -0.15) is 4.98 Å². The molecule has 1 aliphatic carbocycles. The van der Waals surface area contributed by atoms with E-state index >= 15 is 0 Å². The molecular formula is C14H21N3O3. The summed E-state index contributed by atoms with van der Waals surface area (Å²) in [6.45, 7) is 1.28. The van der Waals surface area contributed by atoms with Crippen LogP contribution >= 0.6 is 0 Å². The van der Waals surface area contributed by atoms with Gasteiger partial charge >= 0.3 is 5.97 Å². The number of nitrogens with zero attached hydrogens (tertiary/aromatic N) is 2. The van der Waals surface area contributed by atoms with Gasteiger partial charge in [0.25, 0.3) is 0 Å². The maximum atomic E-state index is 11.4. The first kappa shape index (κ1) is 14.7. The van der Waals surface area contributed by atoms with E-state index < -0.39 is 5.97 Å². The van der Waals surface area contributed by atoms with Crippen LogP contribution in [0.1, 0.15) is 36.3 Å². The Morgan fingerprint density at radius 2 is 2.15 bits per heavy atom. The first-order valence-corrected chi connectivity index (χ1v) is 6.98. The van der Waals surface area contributed by atoms with Gasteiger partial charge in [0.2, 0.25) is 11.7 Å². The van der Waals surface area contributed by atoms with E-state index in [-0.39, 0.29) is 5.82 Å². The van der Waals surface area contributed by atoms with Crippen molar-refractivity contribution in [3.05, 3.63) is 18.1 Å². The Kier molecular flexibility index (Phi) is 5.29. The number of ether oxygens (including phenoxy) is 2. The fourth-order valence-corrected chi connectivity index (χ4v) is 2.62. The first-order valence-electron chi connectivity index (χ1n) is 6.98. The van der Waals surface area contributed by atoms with Crippen LogP contribution in [0, 0.1) is 11.8 Å². The second kappa shape index (κ2) is 7.19. The van der Waals surface area contributed by atoms with Crippen molar-refractivity contribution in [2.75, 3.05) is 20.3 Å². The summed E-state index contributed by atoms with van der Waals surface area (Å²) in [5.41, 5.74) is 5.80. The van der Waals surface area contributed by atoms with E-state index in [0.29, 0.717) is 30.9 Å². The molecule has 0 bridgehead atoms. The van der Waals surface area contributed by atoms with Crippen molar-refractivity contribution in [1.29, 1.82) is 0 Å². The number of carbonyl (C=O) groups excluding carboxylic acids is 1. The Morgan fingerprint density at radius 3 is 2.85 bits per heavy atom. The second-order valence-corrected chi connectivity index (χ2v) is 5.06. The highest BCUT2D eigenvalue weighted by atomic mass is 16.5. The molecule has 6 heteroatoms. The zero-order valence-corrected chi connectivity index (χ0v) is 11.7. The molecule has 1 aliphatic rings. The minimum atomic E-state index is -0.562. The molecule has 0 aromatic carbocycles. The van der Waals surface area contributed by atoms with Crippen LogP contribution in [0.15, 0.2) is 12.3 Å². The molecule has 1 fully saturated rings. The van der Waals surface area contributed by atoms with Crippen molar-refractivity contribution in [3.8, 4) is 5.88 Å². The van der Waals surface area contributed by atoms with E-state index in [0.717, 1.165) is 6.42 Å². The van der Waals surface area contributed by atoms with Crippen molar-refractivity contribution in [2.45, 2.75) is 25.7 Å². The van der Waals surface area contributed by atoms with Crippen LogP contribution < -0.4 is 10.5 Å². The molecule has 2 atom stereocenters. The Labute approximate surface area is 118 Å². The lowest BCUT2D eigenvalue weighted by molar-refractivity contribution is 0.0584. The minimum Gasteiger partial charge on any atom is -0.477 e. The lowest BCUT2D eigenvalue weighted by Gasteiger charge is -2.30. The van der Waals surface area contributed by atoms with Gasteiger partial charge < -0.3 is 15.2 Å². The summed E-state index contributed by atoms with van der Waals surface area (Å²) in [6.07, 6.45) is 6.27. The normalized spacial score (nSPS) is 22.3. The smallest absolute Gasteiger partial charge is 0.376 e. The van der Waals surface area contributed by atoms with Gasteiger partial charge in [-0.15, -0.1) is 0 Å². The van der Waals surface area contributed by atoms with Crippen LogP contribution in [0.25, 0.3) is 0 Å². The number of nitrogens with two attached hydrogens (primary N) is 1. The molecule has 1 aromatic rings. The van der Waals surface area contributed by atoms with Gasteiger partial charge in [0.15, 0.2) is 0 Å². The number of carbonyl (C=O) groups is 1. The zero-order chi connectivity index (χ0) is 14.4. The van der Waals surface area contributed by atoms with Crippen LogP contribution in [-0.2, 0) is 4.74 Å². The molecular weight excluding hydrogens is 258 g/mol. The number of hydrogen-bond acceptors (Lipinski definition) is 6. The quantitative estimate of drug-likeness (QED) is 0.820. The summed E-state index contributed by atoms with van der Waals surface area (Å²) in [5.74, 6) is 0.842. The molecule has 0 aliphatic heterocycles. The number of methoxy groups -OCH3 is 1. The van der Waals surface area contributed by atoms with Gasteiger partial charge in [-0.25, -0.2) is 9.78 Å². The molecule has 0 spiro atoms. The summed E-state index contributed by atoms with van der Waals surface area (Å²) in [7, 11) is 1.30. The molecule has 2 N–H and O–H groups in total. The summed E-state index contributed by atoms with van der Waals surface area (Å²) >= 11 is 0. The fraction of sp³-hybridized carbons (Fsp3) is 0.643. The summed E-state index contributed by atoms with van der Waals surface area (Å²) in [4.78, 5) is 19.2. The van der Waals surface area contributed by atoms with Gasteiger partial charge in [-0.1, -0.05) is 12.8 Å². The van der Waals surface area contributed by atoms with E-state index in [1.165, 1.54) is 32.6 Å². The SMILES string of the molecule is COC(=O)c1nccc(OCC2CCCCC2CN)n1. The predicted molar refractivity (Wildman–Crippen MR) is 73.4 cm³/mol. The van der Waals surface area contributed by atoms with Crippen LogP contribution in [0.3, 0.4) is 0 Å². The van der Waals surface area contributed by atoms with E-state index in [4.69, 9.17) is 10.5 Å². The molecule has 20 heavy (non-hydrogen) atoms. The molecule has 110 valence electrons. The molecule has 0 radical (unpaired) electrons. The fourth-order valence-electron chi connectivity index (χ4n) is 2.62. The van der Waals surface area contributed by atoms with Crippen LogP contribution in [0.5, 0.6) is 5.88 Å². The Hall–Kier alpha value is -1.69. The van der Waals surface area contributed by atoms with E-state index in [1.807, 2.05) is 0 Å². The lowest BCUT2D eigenvalue weighted by atomic mass is 9.80. The standard InChI is InChI=1S/C14H21N3O3/c1-19-14(18)13-16-7-6-12(17-13)20-9-11-5-3-2-4-10(11)8-15/h6-7,10-11H,2-5,8-9,15H2,1H3.